The van der Waals surface area contributed by atoms with Crippen molar-refractivity contribution in [2.75, 3.05) is 32.2 Å². The highest BCUT2D eigenvalue weighted by atomic mass is 35.5. The Labute approximate surface area is 162 Å². The number of ether oxygens (including phenoxy) is 1. The van der Waals surface area contributed by atoms with E-state index in [9.17, 15) is 14.7 Å². The van der Waals surface area contributed by atoms with Gasteiger partial charge < -0.3 is 14.7 Å². The van der Waals surface area contributed by atoms with Crippen molar-refractivity contribution < 1.29 is 19.4 Å². The van der Waals surface area contributed by atoms with Crippen molar-refractivity contribution in [3.63, 3.8) is 0 Å². The summed E-state index contributed by atoms with van der Waals surface area (Å²) in [5, 5.41) is 9.83. The highest BCUT2D eigenvalue weighted by Crippen LogP contribution is 2.38. The molecule has 27 heavy (non-hydrogen) atoms. The molecule has 0 atom stereocenters. The zero-order chi connectivity index (χ0) is 19.6. The van der Waals surface area contributed by atoms with E-state index >= 15 is 0 Å². The zero-order valence-corrected chi connectivity index (χ0v) is 15.7. The molecule has 0 aliphatic carbocycles. The summed E-state index contributed by atoms with van der Waals surface area (Å²) in [4.78, 5) is 29.1. The van der Waals surface area contributed by atoms with Crippen LogP contribution in [-0.2, 0) is 9.59 Å². The van der Waals surface area contributed by atoms with Crippen molar-refractivity contribution in [1.82, 2.24) is 4.90 Å². The van der Waals surface area contributed by atoms with Gasteiger partial charge in [-0.3, -0.25) is 9.59 Å². The number of aliphatic hydroxyl groups excluding tert-OH is 1. The molecule has 0 unspecified atom stereocenters. The van der Waals surface area contributed by atoms with Gasteiger partial charge in [0.1, 0.15) is 11.4 Å². The monoisotopic (exact) mass is 386 g/mol. The summed E-state index contributed by atoms with van der Waals surface area (Å²) < 4.78 is 5.32. The van der Waals surface area contributed by atoms with Crippen molar-refractivity contribution in [2.24, 2.45) is 0 Å². The molecule has 0 fully saturated rings. The Hall–Kier alpha value is -2.83. The van der Waals surface area contributed by atoms with Gasteiger partial charge in [0.2, 0.25) is 0 Å². The Bertz CT molecular complexity index is 908. The van der Waals surface area contributed by atoms with Gasteiger partial charge in [-0.25, -0.2) is 4.90 Å². The van der Waals surface area contributed by atoms with Crippen LogP contribution in [0.1, 0.15) is 5.56 Å². The summed E-state index contributed by atoms with van der Waals surface area (Å²) in [5.74, 6) is -0.502. The second-order valence-corrected chi connectivity index (χ2v) is 6.43. The van der Waals surface area contributed by atoms with Crippen LogP contribution in [0.5, 0.6) is 5.75 Å². The fourth-order valence-electron chi connectivity index (χ4n) is 3.04. The summed E-state index contributed by atoms with van der Waals surface area (Å²) >= 11 is 5.96. The molecule has 1 aliphatic heterocycles. The Morgan fingerprint density at radius 2 is 1.74 bits per heavy atom. The van der Waals surface area contributed by atoms with E-state index in [1.54, 1.807) is 60.5 Å². The summed E-state index contributed by atoms with van der Waals surface area (Å²) in [6.45, 7) is 0.0647. The van der Waals surface area contributed by atoms with Crippen LogP contribution in [0.25, 0.3) is 5.57 Å². The lowest BCUT2D eigenvalue weighted by molar-refractivity contribution is -0.120. The number of para-hydroxylation sites is 2. The van der Waals surface area contributed by atoms with Gasteiger partial charge in [0.25, 0.3) is 11.8 Å². The maximum absolute atomic E-state index is 13.3. The molecule has 1 heterocycles. The van der Waals surface area contributed by atoms with Gasteiger partial charge in [-0.2, -0.15) is 0 Å². The summed E-state index contributed by atoms with van der Waals surface area (Å²) in [5.41, 5.74) is 1.43. The van der Waals surface area contributed by atoms with Gasteiger partial charge >= 0.3 is 0 Å². The predicted octanol–water partition coefficient (Wildman–Crippen LogP) is 2.56. The molecule has 0 bridgehead atoms. The molecule has 0 aromatic heterocycles. The normalized spacial score (nSPS) is 14.1. The van der Waals surface area contributed by atoms with Crippen LogP contribution in [0, 0.1) is 0 Å². The smallest absolute Gasteiger partial charge is 0.282 e. The molecule has 0 spiro atoms. The van der Waals surface area contributed by atoms with Crippen molar-refractivity contribution in [3.05, 3.63) is 64.8 Å². The Morgan fingerprint density at radius 1 is 1.07 bits per heavy atom. The molecule has 7 heteroatoms. The van der Waals surface area contributed by atoms with Crippen molar-refractivity contribution in [2.45, 2.75) is 0 Å². The van der Waals surface area contributed by atoms with Gasteiger partial charge in [-0.15, -0.1) is 0 Å². The third kappa shape index (κ3) is 3.41. The lowest BCUT2D eigenvalue weighted by atomic mass is 10.0. The highest BCUT2D eigenvalue weighted by Gasteiger charge is 2.42. The predicted molar refractivity (Wildman–Crippen MR) is 104 cm³/mol. The number of rotatable bonds is 6. The first-order valence-electron chi connectivity index (χ1n) is 8.33. The minimum Gasteiger partial charge on any atom is -0.495 e. The second kappa shape index (κ2) is 7.82. The molecule has 0 saturated carbocycles. The highest BCUT2D eigenvalue weighted by molar-refractivity contribution is 6.45. The maximum atomic E-state index is 13.3. The fourth-order valence-corrected chi connectivity index (χ4v) is 3.17. The van der Waals surface area contributed by atoms with Crippen LogP contribution < -0.4 is 9.64 Å². The van der Waals surface area contributed by atoms with E-state index in [1.165, 1.54) is 7.11 Å². The quantitative estimate of drug-likeness (QED) is 0.773. The van der Waals surface area contributed by atoms with E-state index in [2.05, 4.69) is 0 Å². The molecule has 2 aromatic rings. The number of hydrogen-bond acceptors (Lipinski definition) is 5. The number of methoxy groups -OCH3 is 1. The molecule has 3 rings (SSSR count). The Morgan fingerprint density at radius 3 is 2.37 bits per heavy atom. The second-order valence-electron chi connectivity index (χ2n) is 5.99. The van der Waals surface area contributed by atoms with Crippen LogP contribution >= 0.6 is 11.6 Å². The molecule has 0 saturated heterocycles. The molecule has 1 N–H and O–H groups in total. The average molecular weight is 387 g/mol. The van der Waals surface area contributed by atoms with E-state index in [1.807, 2.05) is 0 Å². The van der Waals surface area contributed by atoms with E-state index < -0.39 is 11.8 Å². The number of aliphatic hydroxyl groups is 1. The van der Waals surface area contributed by atoms with Gasteiger partial charge in [-0.05, 0) is 29.8 Å². The van der Waals surface area contributed by atoms with E-state index in [0.29, 0.717) is 22.0 Å². The average Bonchev–Trinajstić information content (AvgIpc) is 2.93. The number of anilines is 1. The number of imide groups is 1. The van der Waals surface area contributed by atoms with E-state index in [-0.39, 0.29) is 24.4 Å². The molecule has 2 aromatic carbocycles. The molecule has 2 amide bonds. The number of hydrogen-bond donors (Lipinski definition) is 1. The first kappa shape index (κ1) is 18.9. The molecule has 1 aliphatic rings. The summed E-state index contributed by atoms with van der Waals surface area (Å²) in [7, 11) is 3.15. The maximum Gasteiger partial charge on any atom is 0.282 e. The number of carbonyl (C=O) groups is 2. The van der Waals surface area contributed by atoms with Crippen molar-refractivity contribution in [3.8, 4) is 5.75 Å². The van der Waals surface area contributed by atoms with Gasteiger partial charge in [0.05, 0.1) is 25.0 Å². The van der Waals surface area contributed by atoms with Crippen LogP contribution in [0.2, 0.25) is 5.02 Å². The third-order valence-corrected chi connectivity index (χ3v) is 4.59. The summed E-state index contributed by atoms with van der Waals surface area (Å²) in [6, 6.07) is 13.6. The Balaban J connectivity index is 2.15. The van der Waals surface area contributed by atoms with Gasteiger partial charge in [0.15, 0.2) is 0 Å². The lowest BCUT2D eigenvalue weighted by Gasteiger charge is -2.21. The molecule has 0 radical (unpaired) electrons. The minimum atomic E-state index is -0.467. The number of benzene rings is 2. The SMILES string of the molecule is COc1ccccc1N1C(=O)C(c2ccc(Cl)cc2)=C(N(C)CCO)C1=O. The van der Waals surface area contributed by atoms with Crippen molar-refractivity contribution >= 4 is 34.7 Å². The van der Waals surface area contributed by atoms with Crippen LogP contribution in [0.15, 0.2) is 54.2 Å². The number of nitrogens with zero attached hydrogens (tertiary/aromatic N) is 2. The number of likely N-dealkylation sites (N-methyl/N-ethyl adjacent to an activating group) is 1. The molecular weight excluding hydrogens is 368 g/mol. The fraction of sp³-hybridized carbons (Fsp3) is 0.200. The van der Waals surface area contributed by atoms with Crippen molar-refractivity contribution in [1.29, 1.82) is 0 Å². The number of amides is 2. The standard InChI is InChI=1S/C20H19ClN2O4/c1-22(11-12-24)18-17(13-7-9-14(21)10-8-13)19(25)23(20(18)26)15-5-3-4-6-16(15)27-2/h3-10,24H,11-12H2,1-2H3. The van der Waals surface area contributed by atoms with E-state index in [0.717, 1.165) is 4.90 Å². The van der Waals surface area contributed by atoms with E-state index in [4.69, 9.17) is 16.3 Å². The Kier molecular flexibility index (Phi) is 5.48. The topological polar surface area (TPSA) is 70.1 Å². The van der Waals surface area contributed by atoms with Crippen LogP contribution in [0.4, 0.5) is 5.69 Å². The lowest BCUT2D eigenvalue weighted by Crippen LogP contribution is -2.35. The third-order valence-electron chi connectivity index (χ3n) is 4.34. The van der Waals surface area contributed by atoms with Gasteiger partial charge in [0, 0.05) is 18.6 Å². The van der Waals surface area contributed by atoms with Gasteiger partial charge in [-0.1, -0.05) is 35.9 Å². The zero-order valence-electron chi connectivity index (χ0n) is 15.0. The van der Waals surface area contributed by atoms with Crippen LogP contribution in [0.3, 0.4) is 0 Å². The minimum absolute atomic E-state index is 0.149. The molecule has 140 valence electrons. The van der Waals surface area contributed by atoms with Crippen LogP contribution in [-0.4, -0.2) is 49.1 Å². The summed E-state index contributed by atoms with van der Waals surface area (Å²) in [6.07, 6.45) is 0. The largest absolute Gasteiger partial charge is 0.495 e. The first-order valence-corrected chi connectivity index (χ1v) is 8.71. The first-order chi connectivity index (χ1) is 13.0. The number of halogens is 1. The molecule has 6 nitrogen and oxygen atoms in total. The number of carbonyl (C=O) groups excluding carboxylic acids is 2. The molecular formula is C20H19ClN2O4.